The molecule has 0 aromatic rings. The molecule has 0 unspecified atom stereocenters. The standard InChI is InChI=1S/C5H9F2NO.C2H6/c1-8-2-4(3-8)9-5(6)7;1-2/h4-5H,2-3H2,1H3;1-2H3. The van der Waals surface area contributed by atoms with E-state index >= 15 is 0 Å². The minimum absolute atomic E-state index is 0.241. The molecule has 0 spiro atoms. The van der Waals surface area contributed by atoms with Gasteiger partial charge in [-0.1, -0.05) is 13.8 Å². The van der Waals surface area contributed by atoms with Crippen LogP contribution in [0.5, 0.6) is 0 Å². The van der Waals surface area contributed by atoms with E-state index in [2.05, 4.69) is 4.74 Å². The molecule has 2 nitrogen and oxygen atoms in total. The lowest BCUT2D eigenvalue weighted by Crippen LogP contribution is -2.50. The van der Waals surface area contributed by atoms with Crippen molar-refractivity contribution in [2.75, 3.05) is 20.1 Å². The normalized spacial score (nSPS) is 19.1. The van der Waals surface area contributed by atoms with Gasteiger partial charge in [-0.2, -0.15) is 8.78 Å². The quantitative estimate of drug-likeness (QED) is 0.619. The van der Waals surface area contributed by atoms with Crippen LogP contribution in [0.2, 0.25) is 0 Å². The van der Waals surface area contributed by atoms with Gasteiger partial charge in [0.1, 0.15) is 0 Å². The second-order valence-corrected chi connectivity index (χ2v) is 2.24. The molecular formula is C7H15F2NO. The van der Waals surface area contributed by atoms with E-state index in [-0.39, 0.29) is 6.10 Å². The number of rotatable bonds is 2. The van der Waals surface area contributed by atoms with Crippen LogP contribution >= 0.6 is 0 Å². The molecule has 0 amide bonds. The third kappa shape index (κ3) is 4.27. The fourth-order valence-corrected chi connectivity index (χ4v) is 0.873. The van der Waals surface area contributed by atoms with Crippen molar-refractivity contribution in [2.45, 2.75) is 26.6 Å². The molecule has 0 aromatic carbocycles. The van der Waals surface area contributed by atoms with Gasteiger partial charge in [0.2, 0.25) is 0 Å². The molecule has 0 aromatic heterocycles. The van der Waals surface area contributed by atoms with Crippen LogP contribution in [0.4, 0.5) is 8.78 Å². The van der Waals surface area contributed by atoms with Crippen LogP contribution in [0, 0.1) is 0 Å². The zero-order chi connectivity index (χ0) is 8.85. The van der Waals surface area contributed by atoms with Crippen LogP contribution in [0.15, 0.2) is 0 Å². The van der Waals surface area contributed by atoms with Crippen LogP contribution in [0.25, 0.3) is 0 Å². The van der Waals surface area contributed by atoms with Crippen molar-refractivity contribution in [3.63, 3.8) is 0 Å². The first-order chi connectivity index (χ1) is 5.18. The van der Waals surface area contributed by atoms with Crippen molar-refractivity contribution >= 4 is 0 Å². The van der Waals surface area contributed by atoms with Crippen molar-refractivity contribution in [3.05, 3.63) is 0 Å². The van der Waals surface area contributed by atoms with E-state index in [9.17, 15) is 8.78 Å². The summed E-state index contributed by atoms with van der Waals surface area (Å²) >= 11 is 0. The molecule has 0 saturated carbocycles. The number of alkyl halides is 2. The van der Waals surface area contributed by atoms with Crippen molar-refractivity contribution in [1.29, 1.82) is 0 Å². The van der Waals surface area contributed by atoms with Gasteiger partial charge in [0, 0.05) is 13.1 Å². The lowest BCUT2D eigenvalue weighted by Gasteiger charge is -2.35. The summed E-state index contributed by atoms with van der Waals surface area (Å²) in [6.07, 6.45) is -0.241. The highest BCUT2D eigenvalue weighted by Crippen LogP contribution is 2.11. The largest absolute Gasteiger partial charge is 0.345 e. The second kappa shape index (κ2) is 5.43. The Labute approximate surface area is 66.1 Å². The van der Waals surface area contributed by atoms with Gasteiger partial charge >= 0.3 is 6.61 Å². The van der Waals surface area contributed by atoms with Gasteiger partial charge in [0.05, 0.1) is 6.10 Å². The average molecular weight is 167 g/mol. The highest BCUT2D eigenvalue weighted by molar-refractivity contribution is 4.76. The summed E-state index contributed by atoms with van der Waals surface area (Å²) in [4.78, 5) is 1.92. The molecule has 0 aliphatic carbocycles. The molecule has 11 heavy (non-hydrogen) atoms. The molecule has 1 heterocycles. The number of hydrogen-bond donors (Lipinski definition) is 0. The lowest BCUT2D eigenvalue weighted by atomic mass is 10.2. The molecule has 1 aliphatic heterocycles. The summed E-state index contributed by atoms with van der Waals surface area (Å²) in [6.45, 7) is 2.65. The SMILES string of the molecule is CC.CN1CC(OC(F)F)C1. The Kier molecular flexibility index (Phi) is 5.32. The smallest absolute Gasteiger partial charge is 0.317 e. The zero-order valence-corrected chi connectivity index (χ0v) is 7.18. The Morgan fingerprint density at radius 1 is 1.36 bits per heavy atom. The van der Waals surface area contributed by atoms with Crippen molar-refractivity contribution in [1.82, 2.24) is 4.90 Å². The number of nitrogens with zero attached hydrogens (tertiary/aromatic N) is 1. The fraction of sp³-hybridized carbons (Fsp3) is 1.00. The molecule has 0 atom stereocenters. The van der Waals surface area contributed by atoms with E-state index < -0.39 is 6.61 Å². The van der Waals surface area contributed by atoms with Gasteiger partial charge in [-0.25, -0.2) is 0 Å². The van der Waals surface area contributed by atoms with E-state index in [4.69, 9.17) is 0 Å². The molecule has 0 radical (unpaired) electrons. The van der Waals surface area contributed by atoms with E-state index in [0.717, 1.165) is 0 Å². The summed E-state index contributed by atoms with van der Waals surface area (Å²) in [5, 5.41) is 0. The third-order valence-electron chi connectivity index (χ3n) is 1.33. The van der Waals surface area contributed by atoms with Gasteiger partial charge in [0.25, 0.3) is 0 Å². The van der Waals surface area contributed by atoms with Gasteiger partial charge in [-0.3, -0.25) is 0 Å². The number of halogens is 2. The molecule has 1 aliphatic rings. The first kappa shape index (κ1) is 10.8. The molecule has 1 saturated heterocycles. The molecule has 68 valence electrons. The molecule has 1 fully saturated rings. The highest BCUT2D eigenvalue weighted by Gasteiger charge is 2.26. The predicted octanol–water partition coefficient (Wildman–Crippen LogP) is 1.57. The van der Waals surface area contributed by atoms with Crippen LogP contribution in [-0.2, 0) is 4.74 Å². The van der Waals surface area contributed by atoms with Gasteiger partial charge in [0.15, 0.2) is 0 Å². The van der Waals surface area contributed by atoms with E-state index in [1.165, 1.54) is 0 Å². The highest BCUT2D eigenvalue weighted by atomic mass is 19.3. The maximum Gasteiger partial charge on any atom is 0.345 e. The van der Waals surface area contributed by atoms with Crippen LogP contribution in [0.3, 0.4) is 0 Å². The summed E-state index contributed by atoms with van der Waals surface area (Å²) in [6, 6.07) is 0. The Balaban J connectivity index is 0.000000461. The molecule has 4 heteroatoms. The lowest BCUT2D eigenvalue weighted by molar-refractivity contribution is -0.192. The van der Waals surface area contributed by atoms with Crippen LogP contribution < -0.4 is 0 Å². The molecular weight excluding hydrogens is 152 g/mol. The Bertz CT molecular complexity index is 94.4. The summed E-state index contributed by atoms with van der Waals surface area (Å²) in [5.74, 6) is 0. The summed E-state index contributed by atoms with van der Waals surface area (Å²) < 4.78 is 27.0. The Morgan fingerprint density at radius 2 is 1.82 bits per heavy atom. The zero-order valence-electron chi connectivity index (χ0n) is 7.18. The number of hydrogen-bond acceptors (Lipinski definition) is 2. The molecule has 1 rings (SSSR count). The van der Waals surface area contributed by atoms with Crippen molar-refractivity contribution in [3.8, 4) is 0 Å². The first-order valence-corrected chi connectivity index (χ1v) is 3.80. The predicted molar refractivity (Wildman–Crippen MR) is 39.7 cm³/mol. The topological polar surface area (TPSA) is 12.5 Å². The van der Waals surface area contributed by atoms with Crippen molar-refractivity contribution < 1.29 is 13.5 Å². The van der Waals surface area contributed by atoms with Gasteiger partial charge in [-0.05, 0) is 7.05 Å². The molecule has 0 N–H and O–H groups in total. The van der Waals surface area contributed by atoms with E-state index in [1.54, 1.807) is 0 Å². The fourth-order valence-electron chi connectivity index (χ4n) is 0.873. The van der Waals surface area contributed by atoms with Crippen LogP contribution in [-0.4, -0.2) is 37.8 Å². The van der Waals surface area contributed by atoms with Crippen molar-refractivity contribution in [2.24, 2.45) is 0 Å². The summed E-state index contributed by atoms with van der Waals surface area (Å²) in [5.41, 5.74) is 0. The summed E-state index contributed by atoms with van der Waals surface area (Å²) in [7, 11) is 1.87. The van der Waals surface area contributed by atoms with Crippen LogP contribution in [0.1, 0.15) is 13.8 Å². The molecule has 0 bridgehead atoms. The second-order valence-electron chi connectivity index (χ2n) is 2.24. The number of ether oxygens (including phenoxy) is 1. The maximum absolute atomic E-state index is 11.4. The number of likely N-dealkylation sites (tertiary alicyclic amines) is 1. The number of likely N-dealkylation sites (N-methyl/N-ethyl adjacent to an activating group) is 1. The Morgan fingerprint density at radius 3 is 2.09 bits per heavy atom. The first-order valence-electron chi connectivity index (χ1n) is 3.80. The van der Waals surface area contributed by atoms with E-state index in [0.29, 0.717) is 13.1 Å². The minimum atomic E-state index is -2.61. The average Bonchev–Trinajstić information content (AvgIpc) is 1.88. The van der Waals surface area contributed by atoms with Gasteiger partial charge in [-0.15, -0.1) is 0 Å². The monoisotopic (exact) mass is 167 g/mol. The minimum Gasteiger partial charge on any atom is -0.317 e. The maximum atomic E-state index is 11.4. The van der Waals surface area contributed by atoms with Gasteiger partial charge < -0.3 is 9.64 Å². The third-order valence-corrected chi connectivity index (χ3v) is 1.33. The Hall–Kier alpha value is -0.220. The van der Waals surface area contributed by atoms with E-state index in [1.807, 2.05) is 25.8 Å².